The maximum Gasteiger partial charge on any atom is 0.573 e. The fraction of sp³-hybridized carbons (Fsp3) is 0.417. The van der Waals surface area contributed by atoms with Gasteiger partial charge in [-0.15, -0.1) is 26.3 Å². The Labute approximate surface area is 244 Å². The number of rotatable bonds is 7. The van der Waals surface area contributed by atoms with Gasteiger partial charge in [0.2, 0.25) is 11.9 Å². The molecule has 3 amide bonds. The van der Waals surface area contributed by atoms with Crippen molar-refractivity contribution < 1.29 is 45.4 Å². The number of anilines is 3. The lowest BCUT2D eigenvalue weighted by atomic mass is 9.90. The zero-order chi connectivity index (χ0) is 31.0. The molecule has 42 heavy (non-hydrogen) atoms. The molecule has 0 radical (unpaired) electrons. The number of urea groups is 1. The molecule has 2 heterocycles. The first-order valence-corrected chi connectivity index (χ1v) is 13.0. The van der Waals surface area contributed by atoms with Crippen LogP contribution < -0.4 is 29.9 Å². The smallest absolute Gasteiger partial charge is 0.404 e. The predicted molar refractivity (Wildman–Crippen MR) is 140 cm³/mol. The van der Waals surface area contributed by atoms with Gasteiger partial charge in [0.05, 0.1) is 12.2 Å². The molecule has 18 heteroatoms. The van der Waals surface area contributed by atoms with Crippen molar-refractivity contribution in [3.8, 4) is 11.5 Å². The molecule has 228 valence electrons. The van der Waals surface area contributed by atoms with Crippen molar-refractivity contribution in [2.45, 2.75) is 57.0 Å². The summed E-state index contributed by atoms with van der Waals surface area (Å²) in [6.07, 6.45) is -5.02. The van der Waals surface area contributed by atoms with Crippen LogP contribution in [0.2, 0.25) is 10.0 Å². The number of benzene rings is 1. The van der Waals surface area contributed by atoms with Gasteiger partial charge in [-0.3, -0.25) is 14.6 Å². The third-order valence-corrected chi connectivity index (χ3v) is 7.16. The maximum atomic E-state index is 13.4. The summed E-state index contributed by atoms with van der Waals surface area (Å²) in [5, 5.41) is 4.23. The van der Waals surface area contributed by atoms with Crippen LogP contribution in [-0.2, 0) is 11.3 Å². The van der Waals surface area contributed by atoms with E-state index in [9.17, 15) is 35.9 Å². The van der Waals surface area contributed by atoms with Crippen LogP contribution in [-0.4, -0.2) is 53.8 Å². The molecular weight excluding hydrogens is 621 g/mol. The molecule has 4 rings (SSSR count). The number of aromatic nitrogens is 2. The van der Waals surface area contributed by atoms with Crippen molar-refractivity contribution in [2.24, 2.45) is 0 Å². The number of carbonyl (C=O) groups excluding carboxylic acids is 2. The first kappa shape index (κ1) is 31.3. The van der Waals surface area contributed by atoms with Gasteiger partial charge in [0, 0.05) is 37.0 Å². The first-order chi connectivity index (χ1) is 19.6. The van der Waals surface area contributed by atoms with E-state index in [1.54, 1.807) is 0 Å². The lowest BCUT2D eigenvalue weighted by Gasteiger charge is -2.36. The highest BCUT2D eigenvalue weighted by Gasteiger charge is 2.40. The van der Waals surface area contributed by atoms with Crippen molar-refractivity contribution in [2.75, 3.05) is 22.2 Å². The van der Waals surface area contributed by atoms with Crippen molar-refractivity contribution in [1.29, 1.82) is 0 Å². The summed E-state index contributed by atoms with van der Waals surface area (Å²) in [5.41, 5.74) is -0.456. The van der Waals surface area contributed by atoms with Gasteiger partial charge in [0.15, 0.2) is 11.5 Å². The number of halogens is 8. The molecule has 2 atom stereocenters. The van der Waals surface area contributed by atoms with E-state index in [1.165, 1.54) is 13.2 Å². The Bertz CT molecular complexity index is 1350. The van der Waals surface area contributed by atoms with Crippen LogP contribution >= 0.6 is 23.2 Å². The van der Waals surface area contributed by atoms with Gasteiger partial charge in [-0.25, -0.2) is 9.78 Å². The van der Waals surface area contributed by atoms with Crippen LogP contribution in [0.3, 0.4) is 0 Å². The van der Waals surface area contributed by atoms with Gasteiger partial charge >= 0.3 is 18.8 Å². The van der Waals surface area contributed by atoms with Gasteiger partial charge in [0.25, 0.3) is 0 Å². The summed E-state index contributed by atoms with van der Waals surface area (Å²) in [5.74, 6) is -2.64. The molecule has 1 aromatic heterocycles. The molecule has 2 N–H and O–H groups in total. The van der Waals surface area contributed by atoms with Gasteiger partial charge in [0.1, 0.15) is 15.9 Å². The fourth-order valence-electron chi connectivity index (χ4n) is 4.65. The largest absolute Gasteiger partial charge is 0.573 e. The quantitative estimate of drug-likeness (QED) is 0.274. The van der Waals surface area contributed by atoms with Crippen molar-refractivity contribution in [1.82, 2.24) is 15.3 Å². The second kappa shape index (κ2) is 11.9. The van der Waals surface area contributed by atoms with E-state index in [0.717, 1.165) is 28.7 Å². The second-order valence-electron chi connectivity index (χ2n) is 9.27. The molecule has 1 fully saturated rings. The molecule has 0 bridgehead atoms. The van der Waals surface area contributed by atoms with Gasteiger partial charge in [-0.05, 0) is 18.9 Å². The monoisotopic (exact) mass is 642 g/mol. The molecule has 1 saturated carbocycles. The number of nitrogens with zero attached hydrogens (tertiary/aromatic N) is 4. The topological polar surface area (TPSA) is 109 Å². The minimum atomic E-state index is -5.34. The van der Waals surface area contributed by atoms with Gasteiger partial charge in [-0.1, -0.05) is 42.6 Å². The van der Waals surface area contributed by atoms with Crippen molar-refractivity contribution in [3.63, 3.8) is 0 Å². The highest BCUT2D eigenvalue weighted by molar-refractivity contribution is 6.42. The van der Waals surface area contributed by atoms with Crippen LogP contribution in [0.15, 0.2) is 24.9 Å². The molecular formula is C24H22Cl2F6N6O4. The Kier molecular flexibility index (Phi) is 8.87. The second-order valence-corrected chi connectivity index (χ2v) is 10.0. The van der Waals surface area contributed by atoms with E-state index in [0.29, 0.717) is 12.8 Å². The summed E-state index contributed by atoms with van der Waals surface area (Å²) < 4.78 is 85.6. The SMILES string of the molecule is C=CC(=O)NC1CCCCC1Nc1ncc2c(n1)N(C)C(=O)N(c1c(Cl)c(OC(F)(F)F)cc(OC(F)(F)F)c1Cl)C2. The highest BCUT2D eigenvalue weighted by atomic mass is 35.5. The van der Waals surface area contributed by atoms with Crippen LogP contribution in [0.4, 0.5) is 48.6 Å². The fourth-order valence-corrected chi connectivity index (χ4v) is 5.28. The minimum Gasteiger partial charge on any atom is -0.404 e. The van der Waals surface area contributed by atoms with Crippen molar-refractivity contribution in [3.05, 3.63) is 40.5 Å². The summed E-state index contributed by atoms with van der Waals surface area (Å²) in [6, 6.07) is -1.19. The average Bonchev–Trinajstić information content (AvgIpc) is 2.89. The summed E-state index contributed by atoms with van der Waals surface area (Å²) in [4.78, 5) is 35.6. The lowest BCUT2D eigenvalue weighted by Crippen LogP contribution is -2.48. The molecule has 1 aromatic carbocycles. The average molecular weight is 643 g/mol. The van der Waals surface area contributed by atoms with E-state index < -0.39 is 52.5 Å². The van der Waals surface area contributed by atoms with E-state index in [-0.39, 0.29) is 41.4 Å². The lowest BCUT2D eigenvalue weighted by molar-refractivity contribution is -0.276. The van der Waals surface area contributed by atoms with Crippen LogP contribution in [0.1, 0.15) is 31.2 Å². The van der Waals surface area contributed by atoms with E-state index in [2.05, 4.69) is 36.7 Å². The first-order valence-electron chi connectivity index (χ1n) is 12.2. The number of alkyl halides is 6. The summed E-state index contributed by atoms with van der Waals surface area (Å²) >= 11 is 12.2. The van der Waals surface area contributed by atoms with Crippen LogP contribution in [0, 0.1) is 0 Å². The Hall–Kier alpha value is -3.66. The number of fused-ring (bicyclic) bond motifs is 1. The Morgan fingerprint density at radius 3 is 2.19 bits per heavy atom. The van der Waals surface area contributed by atoms with E-state index >= 15 is 0 Å². The van der Waals surface area contributed by atoms with E-state index in [4.69, 9.17) is 23.2 Å². The molecule has 2 aromatic rings. The zero-order valence-corrected chi connectivity index (χ0v) is 23.1. The number of hydrogen-bond donors (Lipinski definition) is 2. The Morgan fingerprint density at radius 2 is 1.64 bits per heavy atom. The Morgan fingerprint density at radius 1 is 1.07 bits per heavy atom. The number of nitrogens with one attached hydrogen (secondary N) is 2. The highest BCUT2D eigenvalue weighted by Crippen LogP contribution is 2.50. The van der Waals surface area contributed by atoms with Gasteiger partial charge in [-0.2, -0.15) is 4.98 Å². The van der Waals surface area contributed by atoms with Crippen LogP contribution in [0.25, 0.3) is 0 Å². The molecule has 0 saturated heterocycles. The molecule has 2 unspecified atom stereocenters. The number of ether oxygens (including phenoxy) is 2. The summed E-state index contributed by atoms with van der Waals surface area (Å²) in [7, 11) is 1.28. The van der Waals surface area contributed by atoms with E-state index in [1.807, 2.05) is 0 Å². The van der Waals surface area contributed by atoms with Crippen LogP contribution in [0.5, 0.6) is 11.5 Å². The molecule has 0 spiro atoms. The molecule has 2 aliphatic rings. The molecule has 1 aliphatic heterocycles. The minimum absolute atomic E-state index is 0.109. The predicted octanol–water partition coefficient (Wildman–Crippen LogP) is 6.18. The maximum absolute atomic E-state index is 13.4. The molecule has 10 nitrogen and oxygen atoms in total. The van der Waals surface area contributed by atoms with Gasteiger partial charge < -0.3 is 20.1 Å². The number of hydrogen-bond acceptors (Lipinski definition) is 7. The van der Waals surface area contributed by atoms with Crippen molar-refractivity contribution >= 4 is 52.6 Å². The molecule has 1 aliphatic carbocycles. The summed E-state index contributed by atoms with van der Waals surface area (Å²) in [6.45, 7) is 3.02. The zero-order valence-electron chi connectivity index (χ0n) is 21.6. The number of carbonyl (C=O) groups is 2. The normalized spacial score (nSPS) is 19.2. The standard InChI is InChI=1S/C24H22Cl2F6N6O4/c1-3-16(39)34-12-6-4-5-7-13(12)35-21-33-9-11-10-38(22(40)37(2)20(11)36-21)19-17(25)14(41-23(27,28)29)8-15(18(19)26)42-24(30,31)32/h3,8-9,12-13H,1,4-7,10H2,2H3,(H,34,39)(H,33,35,36). The Balaban J connectivity index is 1.68. The third-order valence-electron chi connectivity index (χ3n) is 6.43. The number of amides is 3. The third kappa shape index (κ3) is 7.03.